The molecule has 0 atom stereocenters. The summed E-state index contributed by atoms with van der Waals surface area (Å²) in [4.78, 5) is 0. The smallest absolute Gasteiger partial charge is 0.178 e. The van der Waals surface area contributed by atoms with Crippen molar-refractivity contribution in [2.45, 2.75) is 19.1 Å². The third-order valence-corrected chi connectivity index (χ3v) is 2.91. The summed E-state index contributed by atoms with van der Waals surface area (Å²) in [6, 6.07) is 0. The van der Waals surface area contributed by atoms with Crippen LogP contribution in [0, 0.1) is 0 Å². The van der Waals surface area contributed by atoms with Gasteiger partial charge in [-0.15, -0.1) is 0 Å². The fourth-order valence-corrected chi connectivity index (χ4v) is 2.21. The molecule has 0 unspecified atom stereocenters. The van der Waals surface area contributed by atoms with Crippen LogP contribution in [0.15, 0.2) is 10.7 Å². The molecule has 72 valence electrons. The zero-order chi connectivity index (χ0) is 9.47. The number of aromatic nitrogens is 2. The number of alkyl halides is 1. The minimum atomic E-state index is -1.23. The molecule has 1 aliphatic heterocycles. The van der Waals surface area contributed by atoms with Crippen LogP contribution in [-0.2, 0) is 12.2 Å². The summed E-state index contributed by atoms with van der Waals surface area (Å²) in [7, 11) is 0. The largest absolute Gasteiger partial charge is 0.309 e. The van der Waals surface area contributed by atoms with Crippen LogP contribution in [0.5, 0.6) is 0 Å². The molecular weight excluding hydrogens is 237 g/mol. The Morgan fingerprint density at radius 2 is 2.46 bits per heavy atom. The van der Waals surface area contributed by atoms with E-state index in [0.717, 1.165) is 4.47 Å². The van der Waals surface area contributed by atoms with Gasteiger partial charge in [-0.25, -0.2) is 4.39 Å². The van der Waals surface area contributed by atoms with Gasteiger partial charge in [0.15, 0.2) is 5.67 Å². The number of nitrogens with one attached hydrogen (secondary N) is 1. The van der Waals surface area contributed by atoms with Crippen LogP contribution in [0.2, 0.25) is 0 Å². The number of hydrogen-bond acceptors (Lipinski definition) is 2. The third kappa shape index (κ3) is 1.30. The molecule has 0 bridgehead atoms. The maximum Gasteiger partial charge on any atom is 0.178 e. The Hall–Kier alpha value is -0.420. The maximum atomic E-state index is 14.0. The zero-order valence-electron chi connectivity index (χ0n) is 7.35. The first-order valence-corrected chi connectivity index (χ1v) is 5.08. The fraction of sp³-hybridized carbons (Fsp3) is 0.625. The molecule has 1 aliphatic rings. The van der Waals surface area contributed by atoms with Gasteiger partial charge >= 0.3 is 0 Å². The lowest BCUT2D eigenvalue weighted by atomic mass is 9.95. The van der Waals surface area contributed by atoms with E-state index in [1.807, 2.05) is 6.92 Å². The minimum absolute atomic E-state index is 0.386. The monoisotopic (exact) mass is 247 g/mol. The third-order valence-electron chi connectivity index (χ3n) is 2.33. The molecule has 0 radical (unpaired) electrons. The molecule has 13 heavy (non-hydrogen) atoms. The summed E-state index contributed by atoms with van der Waals surface area (Å²) in [6.07, 6.45) is 1.65. The van der Waals surface area contributed by atoms with Crippen molar-refractivity contribution in [3.05, 3.63) is 16.4 Å². The summed E-state index contributed by atoms with van der Waals surface area (Å²) in [6.45, 7) is 3.43. The Kier molecular flexibility index (Phi) is 2.15. The van der Waals surface area contributed by atoms with Crippen molar-refractivity contribution in [2.75, 3.05) is 13.1 Å². The van der Waals surface area contributed by atoms with Crippen molar-refractivity contribution in [3.63, 3.8) is 0 Å². The highest BCUT2D eigenvalue weighted by Gasteiger charge is 2.43. The summed E-state index contributed by atoms with van der Waals surface area (Å²) in [5, 5.41) is 7.02. The molecule has 1 aromatic rings. The molecule has 1 saturated heterocycles. The highest BCUT2D eigenvalue weighted by atomic mass is 79.9. The molecule has 1 fully saturated rings. The van der Waals surface area contributed by atoms with E-state index in [9.17, 15) is 4.39 Å². The van der Waals surface area contributed by atoms with Crippen LogP contribution < -0.4 is 5.32 Å². The van der Waals surface area contributed by atoms with Crippen LogP contribution in [0.3, 0.4) is 0 Å². The molecule has 2 rings (SSSR count). The van der Waals surface area contributed by atoms with Crippen LogP contribution in [-0.4, -0.2) is 22.9 Å². The van der Waals surface area contributed by atoms with E-state index in [2.05, 4.69) is 26.3 Å². The molecule has 2 heterocycles. The van der Waals surface area contributed by atoms with Crippen LogP contribution in [0.1, 0.15) is 12.6 Å². The van der Waals surface area contributed by atoms with Gasteiger partial charge in [0.05, 0.1) is 16.4 Å². The minimum Gasteiger partial charge on any atom is -0.309 e. The van der Waals surface area contributed by atoms with Crippen molar-refractivity contribution in [1.29, 1.82) is 0 Å². The van der Waals surface area contributed by atoms with Crippen molar-refractivity contribution >= 4 is 15.9 Å². The van der Waals surface area contributed by atoms with Crippen LogP contribution in [0.4, 0.5) is 4.39 Å². The first-order valence-electron chi connectivity index (χ1n) is 4.29. The van der Waals surface area contributed by atoms with Gasteiger partial charge in [0.25, 0.3) is 0 Å². The van der Waals surface area contributed by atoms with Gasteiger partial charge in [-0.3, -0.25) is 4.68 Å². The lowest BCUT2D eigenvalue weighted by Gasteiger charge is -2.35. The molecular formula is C8H11BrFN3. The maximum absolute atomic E-state index is 14.0. The quantitative estimate of drug-likeness (QED) is 0.858. The lowest BCUT2D eigenvalue weighted by molar-refractivity contribution is 0.0774. The Bertz CT molecular complexity index is 319. The molecule has 0 saturated carbocycles. The van der Waals surface area contributed by atoms with Gasteiger partial charge in [-0.2, -0.15) is 5.10 Å². The number of hydrogen-bond donors (Lipinski definition) is 1. The molecule has 0 amide bonds. The molecule has 1 aromatic heterocycles. The first kappa shape index (κ1) is 9.15. The van der Waals surface area contributed by atoms with Crippen LogP contribution >= 0.6 is 15.9 Å². The highest BCUT2D eigenvalue weighted by molar-refractivity contribution is 9.10. The molecule has 0 aliphatic carbocycles. The number of nitrogens with zero attached hydrogens (tertiary/aromatic N) is 2. The summed E-state index contributed by atoms with van der Waals surface area (Å²) < 4.78 is 16.5. The Morgan fingerprint density at radius 1 is 1.77 bits per heavy atom. The second-order valence-electron chi connectivity index (χ2n) is 3.23. The Morgan fingerprint density at radius 3 is 2.92 bits per heavy atom. The van der Waals surface area contributed by atoms with E-state index in [0.29, 0.717) is 25.3 Å². The molecule has 0 spiro atoms. The molecule has 1 N–H and O–H groups in total. The number of aryl methyl sites for hydroxylation is 1. The van der Waals surface area contributed by atoms with Gasteiger partial charge in [0.2, 0.25) is 0 Å². The summed E-state index contributed by atoms with van der Waals surface area (Å²) >= 11 is 3.32. The lowest BCUT2D eigenvalue weighted by Crippen LogP contribution is -2.54. The van der Waals surface area contributed by atoms with Crippen molar-refractivity contribution < 1.29 is 4.39 Å². The predicted octanol–water partition coefficient (Wildman–Crippen LogP) is 1.43. The predicted molar refractivity (Wildman–Crippen MR) is 51.3 cm³/mol. The topological polar surface area (TPSA) is 29.9 Å². The van der Waals surface area contributed by atoms with E-state index in [-0.39, 0.29) is 0 Å². The first-order chi connectivity index (χ1) is 6.17. The van der Waals surface area contributed by atoms with Crippen LogP contribution in [0.25, 0.3) is 0 Å². The van der Waals surface area contributed by atoms with Crippen molar-refractivity contribution in [2.24, 2.45) is 0 Å². The Labute approximate surface area is 84.4 Å². The molecule has 0 aromatic carbocycles. The fourth-order valence-electron chi connectivity index (χ4n) is 1.56. The second-order valence-corrected chi connectivity index (χ2v) is 4.08. The zero-order valence-corrected chi connectivity index (χ0v) is 8.94. The van der Waals surface area contributed by atoms with Gasteiger partial charge in [0.1, 0.15) is 0 Å². The highest BCUT2D eigenvalue weighted by Crippen LogP contribution is 2.34. The van der Waals surface area contributed by atoms with Gasteiger partial charge in [0, 0.05) is 19.6 Å². The standard InChI is InChI=1S/C8H11BrFN3/c1-2-13-7(6(9)3-12-13)8(10)4-11-5-8/h3,11H,2,4-5H2,1H3. The average molecular weight is 248 g/mol. The second kappa shape index (κ2) is 3.06. The molecule has 5 heteroatoms. The SMILES string of the molecule is CCn1ncc(Br)c1C1(F)CNC1. The van der Waals surface area contributed by atoms with Crippen molar-refractivity contribution in [3.8, 4) is 0 Å². The number of rotatable bonds is 2. The van der Waals surface area contributed by atoms with E-state index < -0.39 is 5.67 Å². The van der Waals surface area contributed by atoms with E-state index in [4.69, 9.17) is 0 Å². The molecule has 3 nitrogen and oxygen atoms in total. The van der Waals surface area contributed by atoms with E-state index in [1.165, 1.54) is 0 Å². The van der Waals surface area contributed by atoms with Crippen molar-refractivity contribution in [1.82, 2.24) is 15.1 Å². The van der Waals surface area contributed by atoms with Gasteiger partial charge in [-0.1, -0.05) is 0 Å². The average Bonchev–Trinajstić information content (AvgIpc) is 2.43. The van der Waals surface area contributed by atoms with E-state index in [1.54, 1.807) is 10.9 Å². The normalized spacial score (nSPS) is 19.9. The van der Waals surface area contributed by atoms with Gasteiger partial charge in [-0.05, 0) is 22.9 Å². The summed E-state index contributed by atoms with van der Waals surface area (Å²) in [5.74, 6) is 0. The summed E-state index contributed by atoms with van der Waals surface area (Å²) in [5.41, 5.74) is -0.570. The number of halogens is 2. The van der Waals surface area contributed by atoms with E-state index >= 15 is 0 Å². The van der Waals surface area contributed by atoms with Gasteiger partial charge < -0.3 is 5.32 Å². The Balaban J connectivity index is 2.42.